The topological polar surface area (TPSA) is 63.1 Å². The molecule has 0 saturated heterocycles. The Labute approximate surface area is 179 Å². The maximum absolute atomic E-state index is 12.7. The van der Waals surface area contributed by atoms with Gasteiger partial charge in [0.15, 0.2) is 0 Å². The van der Waals surface area contributed by atoms with Crippen molar-refractivity contribution in [2.24, 2.45) is 0 Å². The van der Waals surface area contributed by atoms with Gasteiger partial charge in [-0.3, -0.25) is 9.59 Å². The summed E-state index contributed by atoms with van der Waals surface area (Å²) < 4.78 is 2.25. The van der Waals surface area contributed by atoms with Crippen LogP contribution in [0.2, 0.25) is 5.02 Å². The molecular formula is C24H22ClN3O2. The number of aromatic nitrogens is 1. The van der Waals surface area contributed by atoms with Gasteiger partial charge in [-0.05, 0) is 50.2 Å². The predicted octanol–water partition coefficient (Wildman–Crippen LogP) is 5.22. The molecule has 2 amide bonds. The van der Waals surface area contributed by atoms with E-state index in [-0.39, 0.29) is 11.8 Å². The van der Waals surface area contributed by atoms with E-state index < -0.39 is 6.04 Å². The molecule has 152 valence electrons. The summed E-state index contributed by atoms with van der Waals surface area (Å²) >= 11 is 6.07. The van der Waals surface area contributed by atoms with E-state index in [1.807, 2.05) is 30.3 Å². The highest BCUT2D eigenvalue weighted by Crippen LogP contribution is 2.31. The van der Waals surface area contributed by atoms with E-state index in [9.17, 15) is 9.59 Å². The fourth-order valence-electron chi connectivity index (χ4n) is 3.71. The van der Waals surface area contributed by atoms with Crippen molar-refractivity contribution in [2.45, 2.75) is 26.4 Å². The molecule has 3 aromatic carbocycles. The lowest BCUT2D eigenvalue weighted by Crippen LogP contribution is -2.41. The first kappa shape index (κ1) is 20.0. The van der Waals surface area contributed by atoms with Crippen molar-refractivity contribution < 1.29 is 9.59 Å². The van der Waals surface area contributed by atoms with Crippen LogP contribution in [-0.2, 0) is 11.3 Å². The number of anilines is 1. The van der Waals surface area contributed by atoms with E-state index in [1.54, 1.807) is 31.2 Å². The fraction of sp³-hybridized carbons (Fsp3) is 0.167. The number of nitrogens with one attached hydrogen (secondary N) is 2. The Morgan fingerprint density at radius 2 is 1.67 bits per heavy atom. The molecule has 4 aromatic rings. The van der Waals surface area contributed by atoms with Crippen LogP contribution in [0.15, 0.2) is 66.7 Å². The molecule has 2 N–H and O–H groups in total. The van der Waals surface area contributed by atoms with Crippen LogP contribution >= 0.6 is 11.6 Å². The van der Waals surface area contributed by atoms with Gasteiger partial charge in [-0.2, -0.15) is 0 Å². The first-order valence-corrected chi connectivity index (χ1v) is 10.2. The minimum Gasteiger partial charge on any atom is -0.341 e. The van der Waals surface area contributed by atoms with Gasteiger partial charge in [0.25, 0.3) is 5.91 Å². The molecule has 1 aromatic heterocycles. The van der Waals surface area contributed by atoms with Gasteiger partial charge in [0.1, 0.15) is 6.04 Å². The number of para-hydroxylation sites is 1. The van der Waals surface area contributed by atoms with Crippen LogP contribution in [0, 0.1) is 0 Å². The lowest BCUT2D eigenvalue weighted by Gasteiger charge is -2.15. The Morgan fingerprint density at radius 1 is 0.967 bits per heavy atom. The van der Waals surface area contributed by atoms with Gasteiger partial charge in [0.05, 0.1) is 10.6 Å². The van der Waals surface area contributed by atoms with E-state index in [4.69, 9.17) is 11.6 Å². The number of hydrogen-bond acceptors (Lipinski definition) is 2. The van der Waals surface area contributed by atoms with Crippen LogP contribution in [0.5, 0.6) is 0 Å². The van der Waals surface area contributed by atoms with E-state index in [1.165, 1.54) is 5.52 Å². The summed E-state index contributed by atoms with van der Waals surface area (Å²) in [4.78, 5) is 25.1. The molecule has 1 atom stereocenters. The standard InChI is InChI=1S/C24H22ClN3O2/c1-3-28-21-11-7-5-8-17(21)19-14-16(12-13-22(19)28)27-23(29)15(2)26-24(30)18-9-4-6-10-20(18)25/h4-15H,3H2,1-2H3,(H,26,30)(H,27,29)/t15-/m0/s1. The van der Waals surface area contributed by atoms with Gasteiger partial charge in [0, 0.05) is 34.0 Å². The second kappa shape index (κ2) is 8.20. The highest BCUT2D eigenvalue weighted by atomic mass is 35.5. The molecule has 0 aliphatic rings. The molecule has 6 heteroatoms. The Morgan fingerprint density at radius 3 is 2.43 bits per heavy atom. The minimum atomic E-state index is -0.721. The molecule has 0 radical (unpaired) electrons. The van der Waals surface area contributed by atoms with Crippen molar-refractivity contribution in [3.63, 3.8) is 0 Å². The molecule has 4 rings (SSSR count). The third-order valence-corrected chi connectivity index (χ3v) is 5.55. The lowest BCUT2D eigenvalue weighted by molar-refractivity contribution is -0.117. The first-order valence-electron chi connectivity index (χ1n) is 9.87. The maximum Gasteiger partial charge on any atom is 0.253 e. The molecule has 30 heavy (non-hydrogen) atoms. The summed E-state index contributed by atoms with van der Waals surface area (Å²) in [5.41, 5.74) is 3.31. The molecule has 1 heterocycles. The summed E-state index contributed by atoms with van der Waals surface area (Å²) in [5, 5.41) is 8.17. The number of amides is 2. The number of aryl methyl sites for hydroxylation is 1. The summed E-state index contributed by atoms with van der Waals surface area (Å²) in [6.07, 6.45) is 0. The van der Waals surface area contributed by atoms with Crippen molar-refractivity contribution >= 4 is 50.9 Å². The Hall–Kier alpha value is -3.31. The molecule has 0 bridgehead atoms. The van der Waals surface area contributed by atoms with Crippen molar-refractivity contribution in [3.8, 4) is 0 Å². The van der Waals surface area contributed by atoms with Crippen molar-refractivity contribution in [2.75, 3.05) is 5.32 Å². The van der Waals surface area contributed by atoms with Crippen LogP contribution in [0.1, 0.15) is 24.2 Å². The van der Waals surface area contributed by atoms with Gasteiger partial charge in [-0.15, -0.1) is 0 Å². The van der Waals surface area contributed by atoms with Crippen molar-refractivity contribution in [1.29, 1.82) is 0 Å². The van der Waals surface area contributed by atoms with Crippen molar-refractivity contribution in [1.82, 2.24) is 9.88 Å². The predicted molar refractivity (Wildman–Crippen MR) is 122 cm³/mol. The normalized spacial score (nSPS) is 12.1. The van der Waals surface area contributed by atoms with Gasteiger partial charge < -0.3 is 15.2 Å². The van der Waals surface area contributed by atoms with Gasteiger partial charge in [-0.25, -0.2) is 0 Å². The summed E-state index contributed by atoms with van der Waals surface area (Å²) in [5.74, 6) is -0.682. The largest absolute Gasteiger partial charge is 0.341 e. The van der Waals surface area contributed by atoms with Crippen molar-refractivity contribution in [3.05, 3.63) is 77.3 Å². The molecule has 0 fully saturated rings. The van der Waals surface area contributed by atoms with Crippen LogP contribution in [0.3, 0.4) is 0 Å². The molecule has 0 saturated carbocycles. The Bertz CT molecular complexity index is 1260. The maximum atomic E-state index is 12.7. The second-order valence-electron chi connectivity index (χ2n) is 7.16. The van der Waals surface area contributed by atoms with Crippen LogP contribution in [0.4, 0.5) is 5.69 Å². The second-order valence-corrected chi connectivity index (χ2v) is 7.56. The minimum absolute atomic E-state index is 0.297. The average Bonchev–Trinajstić information content (AvgIpc) is 3.07. The van der Waals surface area contributed by atoms with Gasteiger partial charge in [-0.1, -0.05) is 41.9 Å². The van der Waals surface area contributed by atoms with Crippen LogP contribution in [0.25, 0.3) is 21.8 Å². The van der Waals surface area contributed by atoms with Crippen LogP contribution in [-0.4, -0.2) is 22.4 Å². The molecule has 0 unspecified atom stereocenters. The summed E-state index contributed by atoms with van der Waals surface area (Å²) in [6, 6.07) is 20.1. The zero-order chi connectivity index (χ0) is 21.3. The SMILES string of the molecule is CCn1c2ccccc2c2cc(NC(=O)[C@H](C)NC(=O)c3ccccc3Cl)ccc21. The molecular weight excluding hydrogens is 398 g/mol. The quantitative estimate of drug-likeness (QED) is 0.465. The highest BCUT2D eigenvalue weighted by molar-refractivity contribution is 6.33. The number of fused-ring (bicyclic) bond motifs is 3. The fourth-order valence-corrected chi connectivity index (χ4v) is 3.93. The lowest BCUT2D eigenvalue weighted by atomic mass is 10.1. The molecule has 0 spiro atoms. The molecule has 0 aliphatic carbocycles. The molecule has 5 nitrogen and oxygen atoms in total. The summed E-state index contributed by atoms with van der Waals surface area (Å²) in [7, 11) is 0. The third-order valence-electron chi connectivity index (χ3n) is 5.22. The molecule has 0 aliphatic heterocycles. The first-order chi connectivity index (χ1) is 14.5. The Kier molecular flexibility index (Phi) is 5.46. The number of carbonyl (C=O) groups is 2. The monoisotopic (exact) mass is 419 g/mol. The van der Waals surface area contributed by atoms with Gasteiger partial charge >= 0.3 is 0 Å². The summed E-state index contributed by atoms with van der Waals surface area (Å²) in [6.45, 7) is 4.62. The number of hydrogen-bond donors (Lipinski definition) is 2. The number of halogens is 1. The number of rotatable bonds is 5. The smallest absolute Gasteiger partial charge is 0.253 e. The number of carbonyl (C=O) groups excluding carboxylic acids is 2. The number of benzene rings is 3. The number of nitrogens with zero attached hydrogens (tertiary/aromatic N) is 1. The van der Waals surface area contributed by atoms with E-state index in [0.29, 0.717) is 16.3 Å². The third kappa shape index (κ3) is 3.64. The van der Waals surface area contributed by atoms with E-state index in [2.05, 4.69) is 34.3 Å². The van der Waals surface area contributed by atoms with Crippen LogP contribution < -0.4 is 10.6 Å². The highest BCUT2D eigenvalue weighted by Gasteiger charge is 2.19. The Balaban J connectivity index is 1.55. The van der Waals surface area contributed by atoms with E-state index in [0.717, 1.165) is 22.8 Å². The zero-order valence-electron chi connectivity index (χ0n) is 16.8. The van der Waals surface area contributed by atoms with E-state index >= 15 is 0 Å². The zero-order valence-corrected chi connectivity index (χ0v) is 17.5. The average molecular weight is 420 g/mol. The van der Waals surface area contributed by atoms with Gasteiger partial charge in [0.2, 0.25) is 5.91 Å².